The number of likely N-dealkylation sites (tertiary alicyclic amines) is 1. The molecule has 2 rings (SSSR count). The monoisotopic (exact) mass is 482 g/mol. The van der Waals surface area contributed by atoms with Gasteiger partial charge < -0.3 is 15.5 Å². The summed E-state index contributed by atoms with van der Waals surface area (Å²) in [5.41, 5.74) is 0. The van der Waals surface area contributed by atoms with Crippen molar-refractivity contribution in [1.29, 1.82) is 0 Å². The summed E-state index contributed by atoms with van der Waals surface area (Å²) in [5.74, 6) is 1.54. The molecule has 2 N–H and O–H groups in total. The van der Waals surface area contributed by atoms with Gasteiger partial charge in [-0.25, -0.2) is 0 Å². The fourth-order valence-corrected chi connectivity index (χ4v) is 3.55. The summed E-state index contributed by atoms with van der Waals surface area (Å²) in [6.07, 6.45) is 7.74. The predicted octanol–water partition coefficient (Wildman–Crippen LogP) is 3.09. The van der Waals surface area contributed by atoms with E-state index in [2.05, 4.69) is 42.6 Å². The summed E-state index contributed by atoms with van der Waals surface area (Å²) in [5, 5.41) is 6.86. The van der Waals surface area contributed by atoms with Crippen LogP contribution in [0.5, 0.6) is 0 Å². The molecule has 1 saturated heterocycles. The van der Waals surface area contributed by atoms with Crippen LogP contribution in [0.4, 0.5) is 0 Å². The number of nitrogens with zero attached hydrogens (tertiary/aromatic N) is 2. The zero-order chi connectivity index (χ0) is 17.6. The van der Waals surface area contributed by atoms with Crippen molar-refractivity contribution in [2.75, 3.05) is 32.4 Å². The summed E-state index contributed by atoms with van der Waals surface area (Å²) in [7, 11) is 0. The van der Waals surface area contributed by atoms with Crippen molar-refractivity contribution in [2.24, 2.45) is 10.9 Å². The van der Waals surface area contributed by atoms with Crippen molar-refractivity contribution in [3.05, 3.63) is 0 Å². The number of hydrogen-bond acceptors (Lipinski definition) is 3. The number of carbonyl (C=O) groups excluding carboxylic acids is 1. The molecule has 25 heavy (non-hydrogen) atoms. The highest BCUT2D eigenvalue weighted by Crippen LogP contribution is 2.28. The van der Waals surface area contributed by atoms with Crippen LogP contribution in [-0.4, -0.2) is 60.0 Å². The first-order valence-electron chi connectivity index (χ1n) is 9.34. The number of aliphatic imine (C=N–C) groups is 1. The van der Waals surface area contributed by atoms with Gasteiger partial charge in [0.15, 0.2) is 5.96 Å². The van der Waals surface area contributed by atoms with Crippen LogP contribution >= 0.6 is 35.7 Å². The van der Waals surface area contributed by atoms with Gasteiger partial charge in [0.05, 0.1) is 6.54 Å². The van der Waals surface area contributed by atoms with Crippen molar-refractivity contribution in [3.8, 4) is 0 Å². The van der Waals surface area contributed by atoms with E-state index < -0.39 is 0 Å². The Bertz CT molecular complexity index is 452. The average Bonchev–Trinajstić information content (AvgIpc) is 3.24. The van der Waals surface area contributed by atoms with Gasteiger partial charge in [-0.2, -0.15) is 11.8 Å². The highest BCUT2D eigenvalue weighted by Gasteiger charge is 2.32. The van der Waals surface area contributed by atoms with Gasteiger partial charge in [-0.1, -0.05) is 12.8 Å². The van der Waals surface area contributed by atoms with Gasteiger partial charge in [-0.15, -0.1) is 24.0 Å². The van der Waals surface area contributed by atoms with Crippen molar-refractivity contribution in [1.82, 2.24) is 15.5 Å². The predicted molar refractivity (Wildman–Crippen MR) is 119 cm³/mol. The zero-order valence-corrected chi connectivity index (χ0v) is 19.3. The maximum absolute atomic E-state index is 12.6. The van der Waals surface area contributed by atoms with Crippen molar-refractivity contribution >= 4 is 47.6 Å². The van der Waals surface area contributed by atoms with Crippen LogP contribution in [0.2, 0.25) is 0 Å². The van der Waals surface area contributed by atoms with E-state index in [1.54, 1.807) is 0 Å². The first kappa shape index (κ1) is 22.9. The Morgan fingerprint density at radius 3 is 2.56 bits per heavy atom. The number of rotatable bonds is 6. The van der Waals surface area contributed by atoms with Gasteiger partial charge in [0.2, 0.25) is 5.91 Å². The summed E-state index contributed by atoms with van der Waals surface area (Å²) in [6.45, 7) is 9.82. The number of halogens is 1. The minimum absolute atomic E-state index is 0. The molecule has 2 fully saturated rings. The average molecular weight is 482 g/mol. The quantitative estimate of drug-likeness (QED) is 0.347. The molecule has 0 aromatic rings. The van der Waals surface area contributed by atoms with E-state index in [-0.39, 0.29) is 34.6 Å². The first-order valence-corrected chi connectivity index (χ1v) is 10.6. The maximum atomic E-state index is 12.6. The number of hydrogen-bond donors (Lipinski definition) is 2. The normalized spacial score (nSPS) is 22.0. The second-order valence-corrected chi connectivity index (χ2v) is 9.07. The van der Waals surface area contributed by atoms with Crippen LogP contribution in [0.25, 0.3) is 0 Å². The summed E-state index contributed by atoms with van der Waals surface area (Å²) in [6, 6.07) is 0.311. The van der Waals surface area contributed by atoms with Crippen molar-refractivity contribution in [3.63, 3.8) is 0 Å². The van der Waals surface area contributed by atoms with Crippen molar-refractivity contribution in [2.45, 2.75) is 63.7 Å². The molecule has 0 spiro atoms. The van der Waals surface area contributed by atoms with E-state index in [1.807, 2.05) is 11.8 Å². The highest BCUT2D eigenvalue weighted by molar-refractivity contribution is 14.0. The third kappa shape index (κ3) is 7.15. The van der Waals surface area contributed by atoms with E-state index in [0.29, 0.717) is 11.9 Å². The molecule has 0 radical (unpaired) electrons. The molecule has 1 atom stereocenters. The Balaban J connectivity index is 0.00000312. The lowest BCUT2D eigenvalue weighted by Gasteiger charge is -2.23. The van der Waals surface area contributed by atoms with Gasteiger partial charge in [0.1, 0.15) is 0 Å². The molecule has 2 aliphatic rings. The second-order valence-electron chi connectivity index (χ2n) is 7.55. The lowest BCUT2D eigenvalue weighted by molar-refractivity contribution is -0.134. The van der Waals surface area contributed by atoms with Crippen molar-refractivity contribution < 1.29 is 4.79 Å². The Labute approximate surface area is 174 Å². The molecule has 1 amide bonds. The minimum Gasteiger partial charge on any atom is -0.357 e. The minimum atomic E-state index is 0. The largest absolute Gasteiger partial charge is 0.357 e. The van der Waals surface area contributed by atoms with Crippen LogP contribution in [0.3, 0.4) is 0 Å². The fourth-order valence-electron chi connectivity index (χ4n) is 3.36. The van der Waals surface area contributed by atoms with Gasteiger partial charge in [0, 0.05) is 36.3 Å². The maximum Gasteiger partial charge on any atom is 0.225 e. The van der Waals surface area contributed by atoms with E-state index in [4.69, 9.17) is 4.99 Å². The Kier molecular flexibility index (Phi) is 9.92. The summed E-state index contributed by atoms with van der Waals surface area (Å²) >= 11 is 1.83. The van der Waals surface area contributed by atoms with Crippen LogP contribution < -0.4 is 10.6 Å². The Morgan fingerprint density at radius 2 is 1.96 bits per heavy atom. The van der Waals surface area contributed by atoms with Crippen LogP contribution in [0.1, 0.15) is 52.9 Å². The molecule has 0 aromatic heterocycles. The van der Waals surface area contributed by atoms with Crippen LogP contribution in [0.15, 0.2) is 4.99 Å². The molecule has 146 valence electrons. The molecule has 0 aromatic carbocycles. The molecule has 1 saturated carbocycles. The van der Waals surface area contributed by atoms with E-state index >= 15 is 0 Å². The highest BCUT2D eigenvalue weighted by atomic mass is 127. The topological polar surface area (TPSA) is 56.7 Å². The zero-order valence-electron chi connectivity index (χ0n) is 16.1. The molecule has 5 nitrogen and oxygen atoms in total. The summed E-state index contributed by atoms with van der Waals surface area (Å²) in [4.78, 5) is 19.3. The molecule has 0 bridgehead atoms. The molecule has 1 unspecified atom stereocenters. The lowest BCUT2D eigenvalue weighted by atomic mass is 10.1. The Morgan fingerprint density at radius 1 is 1.28 bits per heavy atom. The number of carbonyl (C=O) groups is 1. The van der Waals surface area contributed by atoms with Gasteiger partial charge in [-0.3, -0.25) is 9.79 Å². The van der Waals surface area contributed by atoms with E-state index in [0.717, 1.165) is 51.4 Å². The molecule has 1 aliphatic carbocycles. The van der Waals surface area contributed by atoms with Gasteiger partial charge >= 0.3 is 0 Å². The molecule has 7 heteroatoms. The van der Waals surface area contributed by atoms with Gasteiger partial charge in [0.25, 0.3) is 0 Å². The second kappa shape index (κ2) is 10.8. The number of amides is 1. The first-order chi connectivity index (χ1) is 11.4. The van der Waals surface area contributed by atoms with Crippen LogP contribution in [0, 0.1) is 5.92 Å². The molecule has 1 heterocycles. The van der Waals surface area contributed by atoms with E-state index in [9.17, 15) is 4.79 Å². The van der Waals surface area contributed by atoms with E-state index in [1.165, 1.54) is 12.8 Å². The number of guanidine groups is 1. The smallest absolute Gasteiger partial charge is 0.225 e. The fraction of sp³-hybridized carbons (Fsp3) is 0.889. The third-order valence-electron chi connectivity index (χ3n) is 5.06. The number of thioether (sulfide) groups is 1. The standard InChI is InChI=1S/C18H34N4OS.HI/c1-5-19-17(20-13-18(2,3)24-4)21-15-10-11-22(12-15)16(23)14-8-6-7-9-14;/h14-15H,5-13H2,1-4H3,(H2,19,20,21);1H. The molecular weight excluding hydrogens is 447 g/mol. The SMILES string of the molecule is CCNC(=NCC(C)(C)SC)NC1CCN(C(=O)C2CCCC2)C1.I. The third-order valence-corrected chi connectivity index (χ3v) is 6.29. The molecular formula is C18H35IN4OS. The Hall–Kier alpha value is -0.180. The lowest BCUT2D eigenvalue weighted by Crippen LogP contribution is -2.46. The van der Waals surface area contributed by atoms with Crippen LogP contribution in [-0.2, 0) is 4.79 Å². The van der Waals surface area contributed by atoms with Gasteiger partial charge in [-0.05, 0) is 46.3 Å². The summed E-state index contributed by atoms with van der Waals surface area (Å²) < 4.78 is 0.141. The molecule has 1 aliphatic heterocycles. The number of nitrogens with one attached hydrogen (secondary N) is 2.